The smallest absolute Gasteiger partial charge is 0.152 e. The Bertz CT molecular complexity index is 327. The van der Waals surface area contributed by atoms with Crippen molar-refractivity contribution in [2.75, 3.05) is 24.7 Å². The fourth-order valence-electron chi connectivity index (χ4n) is 0.899. The minimum Gasteiger partial charge on any atom is -0.386 e. The van der Waals surface area contributed by atoms with Crippen LogP contribution in [0.2, 0.25) is 15.2 Å². The van der Waals surface area contributed by atoms with Crippen LogP contribution in [0.15, 0.2) is 0 Å². The molecule has 0 amide bonds. The van der Waals surface area contributed by atoms with Gasteiger partial charge in [0.1, 0.15) is 15.9 Å². The molecule has 0 atom stereocenters. The van der Waals surface area contributed by atoms with E-state index in [1.165, 1.54) is 0 Å². The Morgan fingerprint density at radius 2 is 1.62 bits per heavy atom. The van der Waals surface area contributed by atoms with Gasteiger partial charge in [0, 0.05) is 14.1 Å². The van der Waals surface area contributed by atoms with Crippen molar-refractivity contribution in [3.05, 3.63) is 15.2 Å². The van der Waals surface area contributed by atoms with Gasteiger partial charge in [-0.1, -0.05) is 34.8 Å². The van der Waals surface area contributed by atoms with Crippen molar-refractivity contribution in [3.8, 4) is 0 Å². The second kappa shape index (κ2) is 4.22. The van der Waals surface area contributed by atoms with Gasteiger partial charge in [0.15, 0.2) is 5.15 Å². The van der Waals surface area contributed by atoms with Gasteiger partial charge < -0.3 is 10.6 Å². The lowest BCUT2D eigenvalue weighted by molar-refractivity contribution is 1.28. The van der Waals surface area contributed by atoms with E-state index in [-0.39, 0.29) is 5.15 Å². The van der Waals surface area contributed by atoms with Crippen molar-refractivity contribution in [2.24, 2.45) is 0 Å². The van der Waals surface area contributed by atoms with Gasteiger partial charge >= 0.3 is 0 Å². The average Bonchev–Trinajstić information content (AvgIpc) is 2.12. The van der Waals surface area contributed by atoms with Crippen LogP contribution in [-0.4, -0.2) is 19.1 Å². The summed E-state index contributed by atoms with van der Waals surface area (Å²) in [5.41, 5.74) is 0.577. The van der Waals surface area contributed by atoms with Crippen molar-refractivity contribution in [3.63, 3.8) is 0 Å². The van der Waals surface area contributed by atoms with Gasteiger partial charge in [0.05, 0.1) is 5.69 Å². The van der Waals surface area contributed by atoms with E-state index in [9.17, 15) is 0 Å². The molecule has 0 aliphatic carbocycles. The molecule has 0 saturated heterocycles. The van der Waals surface area contributed by atoms with Gasteiger partial charge in [-0.25, -0.2) is 4.98 Å². The summed E-state index contributed by atoms with van der Waals surface area (Å²) in [5.74, 6) is 0.500. The minimum atomic E-state index is 0.222. The molecule has 0 fully saturated rings. The molecule has 3 nitrogen and oxygen atoms in total. The summed E-state index contributed by atoms with van der Waals surface area (Å²) in [6.45, 7) is 0. The molecule has 0 saturated carbocycles. The SMILES string of the molecule is CNc1nc(Cl)c(Cl)c(NC)c1Cl. The van der Waals surface area contributed by atoms with E-state index in [2.05, 4.69) is 15.6 Å². The Kier molecular flexibility index (Phi) is 3.47. The van der Waals surface area contributed by atoms with Crippen LogP contribution in [0.4, 0.5) is 11.5 Å². The van der Waals surface area contributed by atoms with Crippen molar-refractivity contribution >= 4 is 46.3 Å². The summed E-state index contributed by atoms with van der Waals surface area (Å²) in [7, 11) is 3.42. The van der Waals surface area contributed by atoms with E-state index in [4.69, 9.17) is 34.8 Å². The van der Waals surface area contributed by atoms with E-state index in [0.29, 0.717) is 21.6 Å². The molecule has 0 radical (unpaired) electrons. The highest BCUT2D eigenvalue weighted by Gasteiger charge is 2.14. The summed E-state index contributed by atoms with van der Waals surface area (Å²) < 4.78 is 0. The molecule has 1 heterocycles. The van der Waals surface area contributed by atoms with E-state index >= 15 is 0 Å². The molecule has 6 heteroatoms. The Morgan fingerprint density at radius 1 is 1.00 bits per heavy atom. The quantitative estimate of drug-likeness (QED) is 0.780. The van der Waals surface area contributed by atoms with Crippen LogP contribution < -0.4 is 10.6 Å². The Balaban J connectivity index is 3.39. The van der Waals surface area contributed by atoms with Crippen LogP contribution in [0.3, 0.4) is 0 Å². The first-order valence-electron chi connectivity index (χ1n) is 3.51. The lowest BCUT2D eigenvalue weighted by Crippen LogP contribution is -1.99. The maximum absolute atomic E-state index is 5.96. The molecule has 72 valence electrons. The predicted octanol–water partition coefficient (Wildman–Crippen LogP) is 3.13. The summed E-state index contributed by atoms with van der Waals surface area (Å²) in [6, 6.07) is 0. The van der Waals surface area contributed by atoms with Crippen LogP contribution >= 0.6 is 34.8 Å². The number of halogens is 3. The van der Waals surface area contributed by atoms with E-state index in [0.717, 1.165) is 0 Å². The second-order valence-electron chi connectivity index (χ2n) is 2.25. The van der Waals surface area contributed by atoms with E-state index in [1.807, 2.05) is 0 Å². The van der Waals surface area contributed by atoms with Crippen molar-refractivity contribution < 1.29 is 0 Å². The van der Waals surface area contributed by atoms with Crippen molar-refractivity contribution in [1.82, 2.24) is 4.98 Å². The van der Waals surface area contributed by atoms with Gasteiger partial charge in [-0.15, -0.1) is 0 Å². The molecule has 0 bridgehead atoms. The first-order chi connectivity index (χ1) is 6.11. The molecule has 0 aromatic carbocycles. The molecule has 1 aromatic heterocycles. The Morgan fingerprint density at radius 3 is 2.08 bits per heavy atom. The first kappa shape index (κ1) is 10.7. The normalized spacial score (nSPS) is 9.92. The number of aromatic nitrogens is 1. The molecule has 0 spiro atoms. The van der Waals surface area contributed by atoms with Crippen LogP contribution in [0, 0.1) is 0 Å². The fourth-order valence-corrected chi connectivity index (χ4v) is 1.68. The van der Waals surface area contributed by atoms with Gasteiger partial charge in [0.25, 0.3) is 0 Å². The second-order valence-corrected chi connectivity index (χ2v) is 3.37. The molecule has 1 rings (SSSR count). The zero-order chi connectivity index (χ0) is 10.0. The topological polar surface area (TPSA) is 37.0 Å². The van der Waals surface area contributed by atoms with Crippen LogP contribution in [0.5, 0.6) is 0 Å². The maximum atomic E-state index is 5.96. The predicted molar refractivity (Wildman–Crippen MR) is 58.4 cm³/mol. The Labute approximate surface area is 91.4 Å². The molecule has 0 unspecified atom stereocenters. The van der Waals surface area contributed by atoms with Gasteiger partial charge in [-0.2, -0.15) is 0 Å². The largest absolute Gasteiger partial charge is 0.386 e. The molecular weight excluding hydrogens is 232 g/mol. The monoisotopic (exact) mass is 239 g/mol. The lowest BCUT2D eigenvalue weighted by atomic mass is 10.4. The highest BCUT2D eigenvalue weighted by Crippen LogP contribution is 2.38. The van der Waals surface area contributed by atoms with Crippen LogP contribution in [-0.2, 0) is 0 Å². The molecule has 0 aliphatic heterocycles. The van der Waals surface area contributed by atoms with Crippen LogP contribution in [0.1, 0.15) is 0 Å². The molecule has 1 aromatic rings. The zero-order valence-electron chi connectivity index (χ0n) is 7.08. The standard InChI is InChI=1S/C7H8Cl3N3/c1-11-5-3(8)6(10)13-7(12-2)4(5)9/h1-2H3,(H2,11,12,13). The first-order valence-corrected chi connectivity index (χ1v) is 4.65. The average molecular weight is 241 g/mol. The van der Waals surface area contributed by atoms with Gasteiger partial charge in [-0.05, 0) is 0 Å². The lowest BCUT2D eigenvalue weighted by Gasteiger charge is -2.10. The maximum Gasteiger partial charge on any atom is 0.152 e. The molecule has 0 aliphatic rings. The number of pyridine rings is 1. The number of nitrogens with one attached hydrogen (secondary N) is 2. The summed E-state index contributed by atoms with van der Waals surface area (Å²) in [6.07, 6.45) is 0. The van der Waals surface area contributed by atoms with E-state index in [1.54, 1.807) is 14.1 Å². The number of anilines is 2. The zero-order valence-corrected chi connectivity index (χ0v) is 9.35. The highest BCUT2D eigenvalue weighted by atomic mass is 35.5. The molecular formula is C7H8Cl3N3. The minimum absolute atomic E-state index is 0.222. The highest BCUT2D eigenvalue weighted by molar-refractivity contribution is 6.46. The summed E-state index contributed by atoms with van der Waals surface area (Å²) >= 11 is 17.6. The Hall–Kier alpha value is -0.380. The number of hydrogen-bond donors (Lipinski definition) is 2. The number of rotatable bonds is 2. The fraction of sp³-hybridized carbons (Fsp3) is 0.286. The third kappa shape index (κ3) is 1.93. The summed E-state index contributed by atoms with van der Waals surface area (Å²) in [5, 5.41) is 6.64. The van der Waals surface area contributed by atoms with Crippen LogP contribution in [0.25, 0.3) is 0 Å². The van der Waals surface area contributed by atoms with Crippen molar-refractivity contribution in [2.45, 2.75) is 0 Å². The van der Waals surface area contributed by atoms with Gasteiger partial charge in [-0.3, -0.25) is 0 Å². The molecule has 13 heavy (non-hydrogen) atoms. The van der Waals surface area contributed by atoms with E-state index < -0.39 is 0 Å². The molecule has 2 N–H and O–H groups in total. The third-order valence-electron chi connectivity index (χ3n) is 1.52. The number of nitrogens with zero attached hydrogens (tertiary/aromatic N) is 1. The van der Waals surface area contributed by atoms with Crippen molar-refractivity contribution in [1.29, 1.82) is 0 Å². The number of hydrogen-bond acceptors (Lipinski definition) is 3. The third-order valence-corrected chi connectivity index (χ3v) is 2.63. The summed E-state index contributed by atoms with van der Waals surface area (Å²) in [4.78, 5) is 3.95. The van der Waals surface area contributed by atoms with Gasteiger partial charge in [0.2, 0.25) is 0 Å².